The number of hydrogen-bond acceptors (Lipinski definition) is 4. The van der Waals surface area contributed by atoms with E-state index in [2.05, 4.69) is 15.6 Å². The van der Waals surface area contributed by atoms with E-state index >= 15 is 0 Å². The molecule has 4 atom stereocenters. The molecule has 14 heteroatoms. The van der Waals surface area contributed by atoms with Crippen molar-refractivity contribution < 1.29 is 40.7 Å². The number of pyridine rings is 1. The van der Waals surface area contributed by atoms with Gasteiger partial charge in [-0.05, 0) is 67.1 Å². The Morgan fingerprint density at radius 2 is 1.82 bits per heavy atom. The van der Waals surface area contributed by atoms with Crippen molar-refractivity contribution in [1.82, 2.24) is 15.2 Å². The fraction of sp³-hybridized carbons (Fsp3) is 0.333. The molecule has 6 rings (SSSR count). The number of likely N-dealkylation sites (tertiary alicyclic amines) is 1. The molecular formula is C30H25ClF6N4O3. The Morgan fingerprint density at radius 1 is 1.09 bits per heavy atom. The molecule has 1 saturated heterocycles. The molecule has 2 aliphatic heterocycles. The van der Waals surface area contributed by atoms with Crippen LogP contribution in [0.4, 0.5) is 32.2 Å². The minimum absolute atomic E-state index is 0. The van der Waals surface area contributed by atoms with E-state index in [1.54, 1.807) is 24.4 Å². The van der Waals surface area contributed by atoms with Crippen LogP contribution >= 0.6 is 12.4 Å². The van der Waals surface area contributed by atoms with Crippen LogP contribution in [0.2, 0.25) is 0 Å². The quantitative estimate of drug-likeness (QED) is 0.312. The first-order valence-corrected chi connectivity index (χ1v) is 13.5. The third-order valence-corrected chi connectivity index (χ3v) is 8.66. The third kappa shape index (κ3) is 5.27. The molecule has 1 spiro atoms. The summed E-state index contributed by atoms with van der Waals surface area (Å²) in [6.07, 6.45) is -3.01. The summed E-state index contributed by atoms with van der Waals surface area (Å²) in [7, 11) is 0. The normalized spacial score (nSPS) is 24.1. The van der Waals surface area contributed by atoms with Crippen molar-refractivity contribution in [2.24, 2.45) is 0 Å². The largest absolute Gasteiger partial charge is 0.406 e. The molecule has 1 aliphatic carbocycles. The summed E-state index contributed by atoms with van der Waals surface area (Å²) in [6, 6.07) is 6.42. The highest BCUT2D eigenvalue weighted by Gasteiger charge is 2.51. The van der Waals surface area contributed by atoms with Crippen LogP contribution in [0, 0.1) is 17.5 Å². The van der Waals surface area contributed by atoms with E-state index in [-0.39, 0.29) is 30.3 Å². The molecule has 232 valence electrons. The topological polar surface area (TPSA) is 91.4 Å². The molecule has 1 aromatic heterocycles. The van der Waals surface area contributed by atoms with Gasteiger partial charge in [-0.25, -0.2) is 18.2 Å². The maximum atomic E-state index is 14.7. The molecule has 0 radical (unpaired) electrons. The fourth-order valence-corrected chi connectivity index (χ4v) is 6.59. The lowest BCUT2D eigenvalue weighted by Gasteiger charge is -2.43. The number of anilines is 1. The molecule has 44 heavy (non-hydrogen) atoms. The standard InChI is InChI=1S/C30H24F6N4O3.ClH/c1-14-19(20-8-18(31)9-22(32)24(20)33)10-23(27(42)40(14)13-30(34,35)36)38-26(41)15-4-5-16-11-29(12-17(16)7-15)21-3-2-6-37-25(21)39-28(29)43;/h2-9,14,19,23H,10-13H2,1H3,(H,38,41)(H,37,39,43);1H/t14-,19-,23+,29-;/m1./s1. The SMILES string of the molecule is C[C@@H]1[C@H](c2cc(F)cc(F)c2F)C[C@H](NC(=O)c2ccc3c(c2)C[C@@]2(C3)C(=O)Nc3ncccc32)C(=O)N1CC(F)(F)F.Cl. The van der Waals surface area contributed by atoms with E-state index < -0.39 is 77.4 Å². The predicted octanol–water partition coefficient (Wildman–Crippen LogP) is 4.97. The van der Waals surface area contributed by atoms with Gasteiger partial charge in [0.05, 0.1) is 5.41 Å². The molecule has 3 heterocycles. The van der Waals surface area contributed by atoms with E-state index in [1.165, 1.54) is 13.0 Å². The first-order chi connectivity index (χ1) is 20.3. The number of hydrogen-bond donors (Lipinski definition) is 2. The van der Waals surface area contributed by atoms with Gasteiger partial charge in [0.15, 0.2) is 11.6 Å². The van der Waals surface area contributed by atoms with Crippen LogP contribution in [-0.4, -0.2) is 52.4 Å². The first-order valence-electron chi connectivity index (χ1n) is 13.5. The number of fused-ring (bicyclic) bond motifs is 3. The smallest absolute Gasteiger partial charge is 0.340 e. The Morgan fingerprint density at radius 3 is 2.55 bits per heavy atom. The lowest BCUT2D eigenvalue weighted by atomic mass is 9.79. The zero-order chi connectivity index (χ0) is 30.8. The Kier molecular flexibility index (Phi) is 7.90. The van der Waals surface area contributed by atoms with Crippen LogP contribution in [0.25, 0.3) is 0 Å². The Labute approximate surface area is 253 Å². The van der Waals surface area contributed by atoms with E-state index in [9.17, 15) is 40.7 Å². The maximum Gasteiger partial charge on any atom is 0.406 e. The lowest BCUT2D eigenvalue weighted by molar-refractivity contribution is -0.170. The number of alkyl halides is 3. The van der Waals surface area contributed by atoms with Gasteiger partial charge >= 0.3 is 6.18 Å². The van der Waals surface area contributed by atoms with Crippen LogP contribution in [0.15, 0.2) is 48.7 Å². The Hall–Kier alpha value is -4.13. The summed E-state index contributed by atoms with van der Waals surface area (Å²) in [5.41, 5.74) is 0.931. The molecular weight excluding hydrogens is 614 g/mol. The highest BCUT2D eigenvalue weighted by molar-refractivity contribution is 6.06. The number of carbonyl (C=O) groups excluding carboxylic acids is 3. The maximum absolute atomic E-state index is 14.7. The van der Waals surface area contributed by atoms with Crippen molar-refractivity contribution in [3.05, 3.63) is 93.9 Å². The average Bonchev–Trinajstić information content (AvgIpc) is 3.46. The molecule has 0 bridgehead atoms. The van der Waals surface area contributed by atoms with Gasteiger partial charge in [-0.2, -0.15) is 13.2 Å². The molecule has 0 saturated carbocycles. The van der Waals surface area contributed by atoms with Crippen LogP contribution < -0.4 is 10.6 Å². The summed E-state index contributed by atoms with van der Waals surface area (Å²) in [5.74, 6) is -6.95. The number of rotatable bonds is 4. The van der Waals surface area contributed by atoms with Crippen LogP contribution in [-0.2, 0) is 27.8 Å². The molecule has 2 aromatic carbocycles. The van der Waals surface area contributed by atoms with Crippen LogP contribution in [0.1, 0.15) is 51.9 Å². The molecule has 3 aliphatic rings. The van der Waals surface area contributed by atoms with Crippen LogP contribution in [0.3, 0.4) is 0 Å². The number of aromatic nitrogens is 1. The van der Waals surface area contributed by atoms with Crippen LogP contribution in [0.5, 0.6) is 0 Å². The Balaban J connectivity index is 0.00000384. The molecule has 0 unspecified atom stereocenters. The van der Waals surface area contributed by atoms with Gasteiger partial charge in [0.2, 0.25) is 11.8 Å². The number of carbonyl (C=O) groups is 3. The van der Waals surface area contributed by atoms with Gasteiger partial charge in [0.1, 0.15) is 24.2 Å². The summed E-state index contributed by atoms with van der Waals surface area (Å²) < 4.78 is 83.1. The molecule has 3 amide bonds. The highest BCUT2D eigenvalue weighted by atomic mass is 35.5. The predicted molar refractivity (Wildman–Crippen MR) is 148 cm³/mol. The van der Waals surface area contributed by atoms with E-state index in [0.717, 1.165) is 11.1 Å². The summed E-state index contributed by atoms with van der Waals surface area (Å²) in [4.78, 5) is 44.2. The van der Waals surface area contributed by atoms with Gasteiger partial charge in [-0.15, -0.1) is 12.4 Å². The van der Waals surface area contributed by atoms with E-state index in [4.69, 9.17) is 0 Å². The molecule has 7 nitrogen and oxygen atoms in total. The molecule has 3 aromatic rings. The van der Waals surface area contributed by atoms with Gasteiger partial charge in [-0.1, -0.05) is 12.1 Å². The number of nitrogens with one attached hydrogen (secondary N) is 2. The zero-order valence-electron chi connectivity index (χ0n) is 23.0. The van der Waals surface area contributed by atoms with E-state index in [1.807, 2.05) is 6.07 Å². The van der Waals surface area contributed by atoms with Gasteiger partial charge in [-0.3, -0.25) is 14.4 Å². The lowest BCUT2D eigenvalue weighted by Crippen LogP contribution is -2.59. The second kappa shape index (κ2) is 11.1. The number of halogens is 7. The number of nitrogens with zero attached hydrogens (tertiary/aromatic N) is 2. The zero-order valence-corrected chi connectivity index (χ0v) is 23.8. The third-order valence-electron chi connectivity index (χ3n) is 8.66. The van der Waals surface area contributed by atoms with Gasteiger partial charge in [0.25, 0.3) is 5.91 Å². The van der Waals surface area contributed by atoms with Crippen molar-refractivity contribution in [3.63, 3.8) is 0 Å². The minimum atomic E-state index is -4.83. The number of amides is 3. The van der Waals surface area contributed by atoms with Gasteiger partial charge < -0.3 is 15.5 Å². The summed E-state index contributed by atoms with van der Waals surface area (Å²) >= 11 is 0. The van der Waals surface area contributed by atoms with Gasteiger partial charge in [0, 0.05) is 35.3 Å². The van der Waals surface area contributed by atoms with Crippen molar-refractivity contribution in [1.29, 1.82) is 0 Å². The second-order valence-corrected chi connectivity index (χ2v) is 11.3. The van der Waals surface area contributed by atoms with Crippen molar-refractivity contribution in [3.8, 4) is 0 Å². The molecule has 2 N–H and O–H groups in total. The first kappa shape index (κ1) is 31.3. The van der Waals surface area contributed by atoms with E-state index in [0.29, 0.717) is 34.8 Å². The summed E-state index contributed by atoms with van der Waals surface area (Å²) in [6.45, 7) is -0.466. The second-order valence-electron chi connectivity index (χ2n) is 11.3. The van der Waals surface area contributed by atoms with Crippen molar-refractivity contribution in [2.45, 2.75) is 55.8 Å². The van der Waals surface area contributed by atoms with Crippen molar-refractivity contribution >= 4 is 35.9 Å². The number of benzene rings is 2. The summed E-state index contributed by atoms with van der Waals surface area (Å²) in [5, 5.41) is 5.24. The van der Waals surface area contributed by atoms with Crippen molar-refractivity contribution in [2.75, 3.05) is 11.9 Å². The number of piperidine rings is 1. The monoisotopic (exact) mass is 638 g/mol. The fourth-order valence-electron chi connectivity index (χ4n) is 6.59. The average molecular weight is 639 g/mol. The molecule has 1 fully saturated rings. The highest BCUT2D eigenvalue weighted by Crippen LogP contribution is 2.46. The minimum Gasteiger partial charge on any atom is -0.340 e. The Bertz CT molecular complexity index is 1680.